The summed E-state index contributed by atoms with van der Waals surface area (Å²) in [5.41, 5.74) is 17.6. The Morgan fingerprint density at radius 2 is 1.08 bits per heavy atom. The van der Waals surface area contributed by atoms with Crippen LogP contribution in [0.5, 0.6) is 5.75 Å². The molecule has 0 unspecified atom stereocenters. The molecular formula is C70H72BN4OPt-. The van der Waals surface area contributed by atoms with Crippen LogP contribution >= 0.6 is 0 Å². The van der Waals surface area contributed by atoms with Crippen LogP contribution in [0.15, 0.2) is 170 Å². The van der Waals surface area contributed by atoms with Crippen molar-refractivity contribution in [1.29, 1.82) is 0 Å². The summed E-state index contributed by atoms with van der Waals surface area (Å²) in [6.07, 6.45) is 1.91. The third-order valence-corrected chi connectivity index (χ3v) is 15.2. The molecular weight excluding hydrogens is 1120 g/mol. The van der Waals surface area contributed by atoms with E-state index in [4.69, 9.17) is 9.97 Å². The van der Waals surface area contributed by atoms with Gasteiger partial charge in [-0.1, -0.05) is 227 Å². The number of aryl methyl sites for hydroxylation is 2. The van der Waals surface area contributed by atoms with E-state index in [0.717, 1.165) is 83.5 Å². The molecule has 0 fully saturated rings. The summed E-state index contributed by atoms with van der Waals surface area (Å²) in [4.78, 5) is 13.6. The topological polar surface area (TPSA) is 54.2 Å². The zero-order chi connectivity index (χ0) is 54.1. The molecule has 2 aromatic heterocycles. The average Bonchev–Trinajstić information content (AvgIpc) is 3.98. The number of nitrogens with zero attached hydrogens (tertiary/aromatic N) is 4. The number of fused-ring (bicyclic) bond motifs is 1. The molecule has 0 bridgehead atoms. The van der Waals surface area contributed by atoms with Crippen molar-refractivity contribution in [3.8, 4) is 56.3 Å². The Hall–Kier alpha value is -7.01. The Labute approximate surface area is 472 Å². The van der Waals surface area contributed by atoms with E-state index in [1.54, 1.807) is 0 Å². The number of phenolic OH excluding ortho intramolecular Hbond substituents is 1. The van der Waals surface area contributed by atoms with Gasteiger partial charge in [-0.3, -0.25) is 9.55 Å². The van der Waals surface area contributed by atoms with E-state index in [9.17, 15) is 5.11 Å². The van der Waals surface area contributed by atoms with Crippen LogP contribution in [-0.4, -0.2) is 26.5 Å². The van der Waals surface area contributed by atoms with Crippen molar-refractivity contribution in [2.24, 2.45) is 0 Å². The predicted octanol–water partition coefficient (Wildman–Crippen LogP) is 15.1. The Morgan fingerprint density at radius 3 is 1.68 bits per heavy atom. The van der Waals surface area contributed by atoms with Crippen molar-refractivity contribution in [1.82, 2.24) is 14.5 Å². The molecule has 0 radical (unpaired) electrons. The van der Waals surface area contributed by atoms with Crippen LogP contribution in [0, 0.1) is 19.9 Å². The first-order valence-electron chi connectivity index (χ1n) is 26.9. The third-order valence-electron chi connectivity index (χ3n) is 15.2. The van der Waals surface area contributed by atoms with E-state index in [1.807, 2.05) is 6.20 Å². The number of aromatic nitrogens is 3. The van der Waals surface area contributed by atoms with Gasteiger partial charge < -0.3 is 9.92 Å². The van der Waals surface area contributed by atoms with E-state index < -0.39 is 0 Å². The van der Waals surface area contributed by atoms with Crippen LogP contribution in [0.2, 0.25) is 0 Å². The van der Waals surface area contributed by atoms with Crippen molar-refractivity contribution in [2.75, 3.05) is 4.81 Å². The smallest absolute Gasteiger partial charge is 0.316 e. The van der Waals surface area contributed by atoms with Crippen molar-refractivity contribution < 1.29 is 26.2 Å². The molecule has 0 spiro atoms. The summed E-state index contributed by atoms with van der Waals surface area (Å²) in [6, 6.07) is 62.9. The van der Waals surface area contributed by atoms with Crippen molar-refractivity contribution in [3.05, 3.63) is 226 Å². The zero-order valence-electron chi connectivity index (χ0n) is 47.4. The fourth-order valence-corrected chi connectivity index (χ4v) is 10.8. The Kier molecular flexibility index (Phi) is 14.8. The number of imidazole rings is 1. The fourth-order valence-electron chi connectivity index (χ4n) is 10.8. The molecule has 0 amide bonds. The molecule has 77 heavy (non-hydrogen) atoms. The van der Waals surface area contributed by atoms with Crippen molar-refractivity contribution in [2.45, 2.75) is 119 Å². The summed E-state index contributed by atoms with van der Waals surface area (Å²) in [6.45, 7) is 31.1. The van der Waals surface area contributed by atoms with Gasteiger partial charge in [0.2, 0.25) is 0 Å². The van der Waals surface area contributed by atoms with Gasteiger partial charge in [-0.05, 0) is 111 Å². The molecule has 0 saturated carbocycles. The van der Waals surface area contributed by atoms with E-state index in [0.29, 0.717) is 11.4 Å². The number of rotatable bonds is 8. The Balaban J connectivity index is 0.00000722. The summed E-state index contributed by atoms with van der Waals surface area (Å²) >= 11 is 0. The third kappa shape index (κ3) is 10.7. The Morgan fingerprint density at radius 1 is 0.519 bits per heavy atom. The SMILES string of the molecule is Cc1cccc(C)c1B1C=c2c(nc(-c3cc(C(C)(C)C)cc(C(C)(C)C)c3O)n2-c2ccc(C(C)(C)C)cc2-c2ccccc2)=C(c2[c-]c(-c3cc(-c4ccccc4)ccn3)cc(C(C)(C)C)c2)N1c1ccccc1.[Pt]. The first-order chi connectivity index (χ1) is 36.0. The number of anilines is 1. The average molecular weight is 1190 g/mol. The van der Waals surface area contributed by atoms with Gasteiger partial charge in [-0.25, -0.2) is 4.98 Å². The molecule has 10 rings (SSSR count). The van der Waals surface area contributed by atoms with Crippen LogP contribution in [0.1, 0.15) is 122 Å². The second-order valence-corrected chi connectivity index (χ2v) is 25.0. The van der Waals surface area contributed by atoms with Gasteiger partial charge in [0, 0.05) is 49.8 Å². The molecule has 392 valence electrons. The van der Waals surface area contributed by atoms with Gasteiger partial charge in [0.25, 0.3) is 0 Å². The predicted molar refractivity (Wildman–Crippen MR) is 321 cm³/mol. The standard InChI is InChI=1S/C70H72BN4O.Pt/c1-45-25-24-26-46(2)62(45)71-44-61-63(64(75(71)55-31-22-17-23-32-55)51-37-50(38-53(39-51)68(6,7)8)59-40-49(35-36-72-59)47-27-18-15-19-28-47)73-66(57-42-54(69(9,10)11)43-58(65(57)76)70(12,13)14)74(61)60-34-33-52(67(3,4)5)41-56(60)48-29-20-16-21-30-48;/h15-36,38-44,76H,1-14H3;/q-1;. The molecule has 1 aliphatic heterocycles. The monoisotopic (exact) mass is 1190 g/mol. The second kappa shape index (κ2) is 20.7. The molecule has 9 aromatic rings. The summed E-state index contributed by atoms with van der Waals surface area (Å²) in [5, 5.41) is 14.8. The maximum absolute atomic E-state index is 13.1. The normalized spacial score (nSPS) is 13.0. The molecule has 7 heteroatoms. The summed E-state index contributed by atoms with van der Waals surface area (Å²) in [7, 11) is 0. The van der Waals surface area contributed by atoms with Crippen LogP contribution in [0.4, 0.5) is 5.69 Å². The maximum Gasteiger partial charge on any atom is 0.316 e. The first kappa shape index (κ1) is 54.8. The van der Waals surface area contributed by atoms with Crippen LogP contribution in [0.25, 0.3) is 62.3 Å². The molecule has 1 aliphatic rings. The largest absolute Gasteiger partial charge is 0.507 e. The molecule has 3 heterocycles. The van der Waals surface area contributed by atoms with Crippen LogP contribution < -0.4 is 21.0 Å². The van der Waals surface area contributed by atoms with Crippen molar-refractivity contribution in [3.63, 3.8) is 0 Å². The number of benzene rings is 7. The minimum atomic E-state index is -0.383. The minimum Gasteiger partial charge on any atom is -0.507 e. The van der Waals surface area contributed by atoms with Crippen molar-refractivity contribution >= 4 is 29.7 Å². The molecule has 0 aliphatic carbocycles. The van der Waals surface area contributed by atoms with Gasteiger partial charge in [0.15, 0.2) is 0 Å². The number of hydrogen-bond donors (Lipinski definition) is 1. The van der Waals surface area contributed by atoms with Gasteiger partial charge in [-0.15, -0.1) is 23.8 Å². The molecule has 5 nitrogen and oxygen atoms in total. The summed E-state index contributed by atoms with van der Waals surface area (Å²) < 4.78 is 2.36. The zero-order valence-corrected chi connectivity index (χ0v) is 49.6. The molecule has 1 N–H and O–H groups in total. The van der Waals surface area contributed by atoms with Gasteiger partial charge in [0.05, 0.1) is 21.9 Å². The second-order valence-electron chi connectivity index (χ2n) is 25.0. The quantitative estimate of drug-likeness (QED) is 0.122. The van der Waals surface area contributed by atoms with Gasteiger partial charge in [-0.2, -0.15) is 0 Å². The van der Waals surface area contributed by atoms with E-state index >= 15 is 0 Å². The van der Waals surface area contributed by atoms with E-state index in [1.165, 1.54) is 22.2 Å². The number of hydrogen-bond acceptors (Lipinski definition) is 4. The maximum atomic E-state index is 13.1. The molecule has 0 saturated heterocycles. The van der Waals surface area contributed by atoms with E-state index in [-0.39, 0.29) is 55.3 Å². The van der Waals surface area contributed by atoms with Gasteiger partial charge >= 0.3 is 6.85 Å². The van der Waals surface area contributed by atoms with Crippen LogP contribution in [-0.2, 0) is 42.7 Å². The fraction of sp³-hybridized carbons (Fsp3) is 0.257. The summed E-state index contributed by atoms with van der Waals surface area (Å²) in [5.74, 6) is 3.32. The first-order valence-corrected chi connectivity index (χ1v) is 26.9. The minimum absolute atomic E-state index is 0. The van der Waals surface area contributed by atoms with Gasteiger partial charge in [0.1, 0.15) is 11.6 Å². The number of para-hydroxylation sites is 1. The molecule has 7 aromatic carbocycles. The van der Waals surface area contributed by atoms with E-state index in [2.05, 4.69) is 282 Å². The number of phenols is 1. The number of pyridine rings is 1. The molecule has 0 atom stereocenters. The number of aromatic hydroxyl groups is 1. The van der Waals surface area contributed by atoms with Crippen LogP contribution in [0.3, 0.4) is 0 Å². The Bertz CT molecular complexity index is 3760.